The standard InChI is InChI=1S/C12H12FNO2/c13-9-3-1-8(2-4-9)11-7-14(10-5-6-10)12(15)16-11/h1-4,10-11H,5-7H2. The molecule has 1 aromatic carbocycles. The minimum absolute atomic E-state index is 0.239. The van der Waals surface area contributed by atoms with E-state index in [1.54, 1.807) is 17.0 Å². The van der Waals surface area contributed by atoms with Crippen molar-refractivity contribution in [2.24, 2.45) is 0 Å². The topological polar surface area (TPSA) is 29.5 Å². The van der Waals surface area contributed by atoms with Crippen LogP contribution in [0, 0.1) is 5.82 Å². The van der Waals surface area contributed by atoms with Crippen LogP contribution in [0.4, 0.5) is 9.18 Å². The second kappa shape index (κ2) is 3.47. The van der Waals surface area contributed by atoms with Crippen molar-refractivity contribution in [3.8, 4) is 0 Å². The first-order chi connectivity index (χ1) is 7.74. The molecule has 1 amide bonds. The van der Waals surface area contributed by atoms with Crippen molar-refractivity contribution < 1.29 is 13.9 Å². The van der Waals surface area contributed by atoms with Crippen molar-refractivity contribution in [2.45, 2.75) is 25.0 Å². The number of hydrogen-bond acceptors (Lipinski definition) is 2. The monoisotopic (exact) mass is 221 g/mol. The number of carbonyl (C=O) groups is 1. The largest absolute Gasteiger partial charge is 0.439 e. The highest BCUT2D eigenvalue weighted by molar-refractivity contribution is 5.71. The Kier molecular flexibility index (Phi) is 2.09. The predicted molar refractivity (Wildman–Crippen MR) is 55.4 cm³/mol. The molecule has 1 aromatic rings. The molecule has 1 aliphatic carbocycles. The van der Waals surface area contributed by atoms with Gasteiger partial charge in [-0.05, 0) is 30.5 Å². The van der Waals surface area contributed by atoms with Crippen molar-refractivity contribution in [1.29, 1.82) is 0 Å². The molecule has 4 heteroatoms. The Morgan fingerprint density at radius 3 is 2.56 bits per heavy atom. The smallest absolute Gasteiger partial charge is 0.410 e. The molecule has 1 heterocycles. The zero-order valence-corrected chi connectivity index (χ0v) is 8.73. The number of hydrogen-bond donors (Lipinski definition) is 0. The summed E-state index contributed by atoms with van der Waals surface area (Å²) in [6, 6.07) is 6.50. The normalized spacial score (nSPS) is 24.7. The number of carbonyl (C=O) groups excluding carboxylic acids is 1. The van der Waals surface area contributed by atoms with Crippen molar-refractivity contribution in [3.63, 3.8) is 0 Å². The van der Waals surface area contributed by atoms with E-state index < -0.39 is 0 Å². The molecule has 0 aromatic heterocycles. The molecule has 3 nitrogen and oxygen atoms in total. The van der Waals surface area contributed by atoms with E-state index in [1.165, 1.54) is 12.1 Å². The molecular weight excluding hydrogens is 209 g/mol. The summed E-state index contributed by atoms with van der Waals surface area (Å²) in [6.45, 7) is 0.592. The minimum Gasteiger partial charge on any atom is -0.439 e. The average molecular weight is 221 g/mol. The van der Waals surface area contributed by atoms with Gasteiger partial charge >= 0.3 is 6.09 Å². The zero-order chi connectivity index (χ0) is 11.1. The van der Waals surface area contributed by atoms with Crippen LogP contribution in [0.2, 0.25) is 0 Å². The first-order valence-corrected chi connectivity index (χ1v) is 5.47. The molecule has 0 radical (unpaired) electrons. The summed E-state index contributed by atoms with van der Waals surface area (Å²) >= 11 is 0. The van der Waals surface area contributed by atoms with Crippen LogP contribution in [-0.4, -0.2) is 23.6 Å². The van der Waals surface area contributed by atoms with Crippen LogP contribution < -0.4 is 0 Å². The maximum atomic E-state index is 12.7. The Morgan fingerprint density at radius 2 is 1.94 bits per heavy atom. The predicted octanol–water partition coefficient (Wildman–Crippen LogP) is 2.48. The maximum Gasteiger partial charge on any atom is 0.410 e. The quantitative estimate of drug-likeness (QED) is 0.767. The van der Waals surface area contributed by atoms with E-state index in [0.29, 0.717) is 12.6 Å². The maximum absolute atomic E-state index is 12.7. The molecule has 2 fully saturated rings. The van der Waals surface area contributed by atoms with E-state index in [-0.39, 0.29) is 18.0 Å². The summed E-state index contributed by atoms with van der Waals surface area (Å²) in [5.74, 6) is -0.271. The highest BCUT2D eigenvalue weighted by Gasteiger charge is 2.41. The molecule has 3 rings (SSSR count). The second-order valence-corrected chi connectivity index (χ2v) is 4.31. The molecular formula is C12H12FNO2. The van der Waals surface area contributed by atoms with Crippen molar-refractivity contribution in [2.75, 3.05) is 6.54 Å². The molecule has 0 bridgehead atoms. The fourth-order valence-electron chi connectivity index (χ4n) is 2.02. The summed E-state index contributed by atoms with van der Waals surface area (Å²) in [6.07, 6.45) is 1.67. The number of ether oxygens (including phenoxy) is 1. The van der Waals surface area contributed by atoms with Gasteiger partial charge in [-0.25, -0.2) is 9.18 Å². The molecule has 1 saturated heterocycles. The first-order valence-electron chi connectivity index (χ1n) is 5.47. The van der Waals surface area contributed by atoms with E-state index in [9.17, 15) is 9.18 Å². The minimum atomic E-state index is -0.271. The van der Waals surface area contributed by atoms with E-state index >= 15 is 0 Å². The van der Waals surface area contributed by atoms with E-state index in [2.05, 4.69) is 0 Å². The lowest BCUT2D eigenvalue weighted by Gasteiger charge is -2.10. The third-order valence-corrected chi connectivity index (χ3v) is 3.07. The third-order valence-electron chi connectivity index (χ3n) is 3.07. The SMILES string of the molecule is O=C1OC(c2ccc(F)cc2)CN1C1CC1. The molecule has 1 aliphatic heterocycles. The van der Waals surface area contributed by atoms with Crippen LogP contribution in [0.1, 0.15) is 24.5 Å². The summed E-state index contributed by atoms with van der Waals surface area (Å²) in [5, 5.41) is 0. The highest BCUT2D eigenvalue weighted by Crippen LogP contribution is 2.35. The van der Waals surface area contributed by atoms with Crippen molar-refractivity contribution in [3.05, 3.63) is 35.6 Å². The molecule has 0 N–H and O–H groups in total. The van der Waals surface area contributed by atoms with Gasteiger partial charge in [-0.15, -0.1) is 0 Å². The van der Waals surface area contributed by atoms with Gasteiger partial charge < -0.3 is 9.64 Å². The Morgan fingerprint density at radius 1 is 1.25 bits per heavy atom. The highest BCUT2D eigenvalue weighted by atomic mass is 19.1. The number of benzene rings is 1. The average Bonchev–Trinajstić information content (AvgIpc) is 3.04. The first kappa shape index (κ1) is 9.63. The molecule has 1 unspecified atom stereocenters. The Hall–Kier alpha value is -1.58. The van der Waals surface area contributed by atoms with Crippen molar-refractivity contribution >= 4 is 6.09 Å². The Bertz CT molecular complexity index is 414. The number of cyclic esters (lactones) is 1. The summed E-state index contributed by atoms with van der Waals surface area (Å²) < 4.78 is 18.0. The molecule has 0 spiro atoms. The van der Waals surface area contributed by atoms with E-state index in [1.807, 2.05) is 0 Å². The van der Waals surface area contributed by atoms with Gasteiger partial charge in [0.2, 0.25) is 0 Å². The Balaban J connectivity index is 1.77. The number of rotatable bonds is 2. The zero-order valence-electron chi connectivity index (χ0n) is 8.73. The van der Waals surface area contributed by atoms with Crippen LogP contribution in [0.3, 0.4) is 0 Å². The summed E-state index contributed by atoms with van der Waals surface area (Å²) in [5.41, 5.74) is 0.859. The van der Waals surface area contributed by atoms with Crippen LogP contribution >= 0.6 is 0 Å². The fourth-order valence-corrected chi connectivity index (χ4v) is 2.02. The van der Waals surface area contributed by atoms with Gasteiger partial charge in [0.05, 0.1) is 6.54 Å². The van der Waals surface area contributed by atoms with E-state index in [4.69, 9.17) is 4.74 Å². The fraction of sp³-hybridized carbons (Fsp3) is 0.417. The van der Waals surface area contributed by atoms with Crippen LogP contribution in [-0.2, 0) is 4.74 Å². The van der Waals surface area contributed by atoms with Gasteiger partial charge in [-0.1, -0.05) is 12.1 Å². The summed E-state index contributed by atoms with van der Waals surface area (Å²) in [4.78, 5) is 13.3. The summed E-state index contributed by atoms with van der Waals surface area (Å²) in [7, 11) is 0. The van der Waals surface area contributed by atoms with Crippen LogP contribution in [0.25, 0.3) is 0 Å². The molecule has 84 valence electrons. The lowest BCUT2D eigenvalue weighted by Crippen LogP contribution is -2.26. The molecule has 2 aliphatic rings. The van der Waals surface area contributed by atoms with Crippen LogP contribution in [0.15, 0.2) is 24.3 Å². The van der Waals surface area contributed by atoms with Gasteiger partial charge in [0.15, 0.2) is 0 Å². The Labute approximate surface area is 92.8 Å². The van der Waals surface area contributed by atoms with Gasteiger partial charge in [-0.2, -0.15) is 0 Å². The lowest BCUT2D eigenvalue weighted by molar-refractivity contribution is 0.132. The van der Waals surface area contributed by atoms with Gasteiger partial charge in [-0.3, -0.25) is 0 Å². The number of halogens is 1. The van der Waals surface area contributed by atoms with Gasteiger partial charge in [0, 0.05) is 6.04 Å². The lowest BCUT2D eigenvalue weighted by atomic mass is 10.1. The molecule has 1 saturated carbocycles. The van der Waals surface area contributed by atoms with Gasteiger partial charge in [0.25, 0.3) is 0 Å². The van der Waals surface area contributed by atoms with Crippen LogP contribution in [0.5, 0.6) is 0 Å². The van der Waals surface area contributed by atoms with Gasteiger partial charge in [0.1, 0.15) is 11.9 Å². The van der Waals surface area contributed by atoms with E-state index in [0.717, 1.165) is 18.4 Å². The van der Waals surface area contributed by atoms with Crippen molar-refractivity contribution in [1.82, 2.24) is 4.90 Å². The second-order valence-electron chi connectivity index (χ2n) is 4.31. The number of nitrogens with zero attached hydrogens (tertiary/aromatic N) is 1. The molecule has 16 heavy (non-hydrogen) atoms. The molecule has 1 atom stereocenters. The third kappa shape index (κ3) is 1.64. The number of amides is 1.